The van der Waals surface area contributed by atoms with Crippen LogP contribution in [0.3, 0.4) is 0 Å². The number of hydrogen-bond acceptors (Lipinski definition) is 3. The van der Waals surface area contributed by atoms with E-state index < -0.39 is 0 Å². The number of nitrogens with zero attached hydrogens (tertiary/aromatic N) is 2. The molecule has 3 nitrogen and oxygen atoms in total. The van der Waals surface area contributed by atoms with E-state index in [4.69, 9.17) is 0 Å². The summed E-state index contributed by atoms with van der Waals surface area (Å²) in [5.74, 6) is 0. The Labute approximate surface area is 129 Å². The van der Waals surface area contributed by atoms with Gasteiger partial charge in [0.25, 0.3) is 0 Å². The van der Waals surface area contributed by atoms with Crippen LogP contribution in [0.4, 0.5) is 0 Å². The van der Waals surface area contributed by atoms with E-state index in [1.54, 1.807) is 0 Å². The van der Waals surface area contributed by atoms with Crippen LogP contribution in [0.1, 0.15) is 37.3 Å². The highest BCUT2D eigenvalue weighted by atomic mass is 15.3. The van der Waals surface area contributed by atoms with Gasteiger partial charge in [-0.3, -0.25) is 4.90 Å². The van der Waals surface area contributed by atoms with Gasteiger partial charge < -0.3 is 10.2 Å². The van der Waals surface area contributed by atoms with Crippen molar-refractivity contribution in [1.29, 1.82) is 0 Å². The maximum absolute atomic E-state index is 3.48. The standard InChI is InChI=1S/C18H29N3/c1-19-18(15-6-4-3-5-7-15)11-13-21-12-10-16-8-9-17(14-21)20(16)2/h3-7,16-19H,8-14H2,1-2H3. The molecule has 3 atom stereocenters. The predicted octanol–water partition coefficient (Wildman–Crippen LogP) is 2.51. The van der Waals surface area contributed by atoms with Crippen molar-refractivity contribution in [3.63, 3.8) is 0 Å². The van der Waals surface area contributed by atoms with Crippen LogP contribution in [0.5, 0.6) is 0 Å². The van der Waals surface area contributed by atoms with Crippen LogP contribution in [0, 0.1) is 0 Å². The van der Waals surface area contributed by atoms with Crippen molar-refractivity contribution in [3.05, 3.63) is 35.9 Å². The summed E-state index contributed by atoms with van der Waals surface area (Å²) in [6, 6.07) is 13.0. The lowest BCUT2D eigenvalue weighted by Gasteiger charge is -2.27. The lowest BCUT2D eigenvalue weighted by Crippen LogP contribution is -2.37. The quantitative estimate of drug-likeness (QED) is 0.898. The summed E-state index contributed by atoms with van der Waals surface area (Å²) >= 11 is 0. The highest BCUT2D eigenvalue weighted by Gasteiger charge is 2.34. The lowest BCUT2D eigenvalue weighted by molar-refractivity contribution is 0.213. The van der Waals surface area contributed by atoms with Crippen LogP contribution >= 0.6 is 0 Å². The molecule has 2 saturated heterocycles. The van der Waals surface area contributed by atoms with Crippen molar-refractivity contribution < 1.29 is 0 Å². The molecule has 2 bridgehead atoms. The first-order valence-corrected chi connectivity index (χ1v) is 8.44. The van der Waals surface area contributed by atoms with E-state index in [0.717, 1.165) is 12.1 Å². The molecule has 0 spiro atoms. The number of fused-ring (bicyclic) bond motifs is 2. The number of hydrogen-bond donors (Lipinski definition) is 1. The van der Waals surface area contributed by atoms with E-state index in [1.165, 1.54) is 50.9 Å². The van der Waals surface area contributed by atoms with Crippen LogP contribution in [-0.4, -0.2) is 55.6 Å². The van der Waals surface area contributed by atoms with E-state index in [-0.39, 0.29) is 0 Å². The smallest absolute Gasteiger partial charge is 0.0329 e. The molecule has 2 aliphatic heterocycles. The fourth-order valence-electron chi connectivity index (χ4n) is 4.06. The minimum absolute atomic E-state index is 0.476. The Kier molecular flexibility index (Phi) is 4.94. The number of likely N-dealkylation sites (N-methyl/N-ethyl adjacent to an activating group) is 1. The highest BCUT2D eigenvalue weighted by Crippen LogP contribution is 2.29. The van der Waals surface area contributed by atoms with Crippen LogP contribution in [-0.2, 0) is 0 Å². The van der Waals surface area contributed by atoms with Gasteiger partial charge >= 0.3 is 0 Å². The lowest BCUT2D eigenvalue weighted by atomic mass is 10.0. The molecule has 0 radical (unpaired) electrons. The van der Waals surface area contributed by atoms with Gasteiger partial charge in [0.15, 0.2) is 0 Å². The Balaban J connectivity index is 1.55. The van der Waals surface area contributed by atoms with Crippen LogP contribution in [0.25, 0.3) is 0 Å². The number of nitrogens with one attached hydrogen (secondary N) is 1. The van der Waals surface area contributed by atoms with Gasteiger partial charge in [0, 0.05) is 31.2 Å². The summed E-state index contributed by atoms with van der Waals surface area (Å²) in [5.41, 5.74) is 1.41. The first-order valence-electron chi connectivity index (χ1n) is 8.44. The Hall–Kier alpha value is -0.900. The molecule has 0 aromatic heterocycles. The monoisotopic (exact) mass is 287 g/mol. The van der Waals surface area contributed by atoms with Crippen molar-refractivity contribution in [2.45, 2.75) is 43.8 Å². The molecule has 1 aromatic rings. The Bertz CT molecular complexity index is 433. The van der Waals surface area contributed by atoms with Crippen molar-refractivity contribution in [1.82, 2.24) is 15.1 Å². The Morgan fingerprint density at radius 2 is 1.90 bits per heavy atom. The van der Waals surface area contributed by atoms with Crippen LogP contribution < -0.4 is 5.32 Å². The summed E-state index contributed by atoms with van der Waals surface area (Å²) < 4.78 is 0. The van der Waals surface area contributed by atoms with E-state index in [1.807, 2.05) is 0 Å². The molecule has 1 aromatic carbocycles. The summed E-state index contributed by atoms with van der Waals surface area (Å²) in [4.78, 5) is 5.32. The fourth-order valence-corrected chi connectivity index (χ4v) is 4.06. The number of likely N-dealkylation sites (tertiary alicyclic amines) is 1. The summed E-state index contributed by atoms with van der Waals surface area (Å²) in [5, 5.41) is 3.48. The van der Waals surface area contributed by atoms with Crippen LogP contribution in [0.15, 0.2) is 30.3 Å². The maximum Gasteiger partial charge on any atom is 0.0329 e. The van der Waals surface area contributed by atoms with Gasteiger partial charge in [-0.05, 0) is 51.9 Å². The van der Waals surface area contributed by atoms with Crippen LogP contribution in [0.2, 0.25) is 0 Å². The van der Waals surface area contributed by atoms with E-state index >= 15 is 0 Å². The zero-order valence-electron chi connectivity index (χ0n) is 13.5. The first-order chi connectivity index (χ1) is 10.3. The molecule has 1 N–H and O–H groups in total. The summed E-state index contributed by atoms with van der Waals surface area (Å²) in [6.07, 6.45) is 5.36. The van der Waals surface area contributed by atoms with Crippen molar-refractivity contribution in [2.75, 3.05) is 33.7 Å². The molecule has 2 heterocycles. The maximum atomic E-state index is 3.48. The minimum atomic E-state index is 0.476. The molecule has 2 aliphatic rings. The van der Waals surface area contributed by atoms with Gasteiger partial charge in [-0.2, -0.15) is 0 Å². The molecule has 3 unspecified atom stereocenters. The highest BCUT2D eigenvalue weighted by molar-refractivity contribution is 5.18. The molecule has 3 rings (SSSR count). The molecule has 0 saturated carbocycles. The van der Waals surface area contributed by atoms with Crippen molar-refractivity contribution >= 4 is 0 Å². The average molecular weight is 287 g/mol. The topological polar surface area (TPSA) is 18.5 Å². The molecular formula is C18H29N3. The third kappa shape index (κ3) is 3.47. The molecular weight excluding hydrogens is 258 g/mol. The first kappa shape index (κ1) is 15.0. The Morgan fingerprint density at radius 3 is 2.67 bits per heavy atom. The van der Waals surface area contributed by atoms with Gasteiger partial charge in [0.2, 0.25) is 0 Å². The van der Waals surface area contributed by atoms with Gasteiger partial charge in [0.05, 0.1) is 0 Å². The normalized spacial score (nSPS) is 28.5. The number of benzene rings is 1. The van der Waals surface area contributed by atoms with E-state index in [0.29, 0.717) is 6.04 Å². The zero-order chi connectivity index (χ0) is 14.7. The average Bonchev–Trinajstić information content (AvgIpc) is 2.76. The summed E-state index contributed by atoms with van der Waals surface area (Å²) in [6.45, 7) is 3.74. The molecule has 0 aliphatic carbocycles. The van der Waals surface area contributed by atoms with E-state index in [9.17, 15) is 0 Å². The third-order valence-corrected chi connectivity index (χ3v) is 5.52. The van der Waals surface area contributed by atoms with Gasteiger partial charge in [-0.25, -0.2) is 0 Å². The second kappa shape index (κ2) is 6.91. The third-order valence-electron chi connectivity index (χ3n) is 5.52. The number of rotatable bonds is 5. The molecule has 3 heteroatoms. The van der Waals surface area contributed by atoms with Gasteiger partial charge in [-0.1, -0.05) is 30.3 Å². The predicted molar refractivity (Wildman–Crippen MR) is 88.5 cm³/mol. The van der Waals surface area contributed by atoms with Crippen molar-refractivity contribution in [3.8, 4) is 0 Å². The molecule has 0 amide bonds. The second-order valence-corrected chi connectivity index (χ2v) is 6.68. The molecule has 21 heavy (non-hydrogen) atoms. The van der Waals surface area contributed by atoms with Gasteiger partial charge in [0.1, 0.15) is 0 Å². The largest absolute Gasteiger partial charge is 0.313 e. The molecule has 2 fully saturated rings. The Morgan fingerprint density at radius 1 is 1.14 bits per heavy atom. The second-order valence-electron chi connectivity index (χ2n) is 6.68. The van der Waals surface area contributed by atoms with E-state index in [2.05, 4.69) is 59.5 Å². The molecule has 116 valence electrons. The summed E-state index contributed by atoms with van der Waals surface area (Å²) in [7, 11) is 4.40. The fraction of sp³-hybridized carbons (Fsp3) is 0.667. The minimum Gasteiger partial charge on any atom is -0.313 e. The van der Waals surface area contributed by atoms with Crippen molar-refractivity contribution in [2.24, 2.45) is 0 Å². The zero-order valence-corrected chi connectivity index (χ0v) is 13.5. The van der Waals surface area contributed by atoms with Gasteiger partial charge in [-0.15, -0.1) is 0 Å². The SMILES string of the molecule is CNC(CCN1CCC2CCC(C1)N2C)c1ccccc1.